The quantitative estimate of drug-likeness (QED) is 0.535. The fraction of sp³-hybridized carbons (Fsp3) is 0.174. The standard InChI is InChI=1S/C23H19N3OS/c1-14-17(7-4-12-24-14)23-26-20-11-9-16(13-21(20)28-23)22(27)25-19-10-8-15-5-2-3-6-18(15)19/h2-7,9,11-13,19H,8,10H2,1H3,(H,25,27). The number of thiazole rings is 1. The van der Waals surface area contributed by atoms with Crippen LogP contribution in [0.1, 0.15) is 39.6 Å². The minimum atomic E-state index is -0.0314. The van der Waals surface area contributed by atoms with Gasteiger partial charge in [0.15, 0.2) is 0 Å². The molecule has 1 atom stereocenters. The molecule has 0 fully saturated rings. The van der Waals surface area contributed by atoms with Crippen LogP contribution in [0.25, 0.3) is 20.8 Å². The second-order valence-corrected chi connectivity index (χ2v) is 8.13. The molecule has 2 aromatic carbocycles. The smallest absolute Gasteiger partial charge is 0.251 e. The molecule has 5 rings (SSSR count). The van der Waals surface area contributed by atoms with Crippen molar-refractivity contribution in [2.24, 2.45) is 0 Å². The number of aromatic nitrogens is 2. The van der Waals surface area contributed by atoms with E-state index in [0.717, 1.165) is 39.3 Å². The van der Waals surface area contributed by atoms with Crippen molar-refractivity contribution in [1.82, 2.24) is 15.3 Å². The maximum absolute atomic E-state index is 12.8. The topological polar surface area (TPSA) is 54.9 Å². The zero-order valence-electron chi connectivity index (χ0n) is 15.5. The Hall–Kier alpha value is -3.05. The van der Waals surface area contributed by atoms with Crippen LogP contribution in [0.5, 0.6) is 0 Å². The third kappa shape index (κ3) is 2.98. The maximum Gasteiger partial charge on any atom is 0.251 e. The Kier molecular flexibility index (Phi) is 4.17. The summed E-state index contributed by atoms with van der Waals surface area (Å²) in [6, 6.07) is 18.1. The number of pyridine rings is 1. The minimum absolute atomic E-state index is 0.0314. The van der Waals surface area contributed by atoms with Crippen molar-refractivity contribution in [3.05, 3.63) is 83.2 Å². The highest BCUT2D eigenvalue weighted by molar-refractivity contribution is 7.21. The van der Waals surface area contributed by atoms with Crippen LogP contribution in [0.15, 0.2) is 60.8 Å². The van der Waals surface area contributed by atoms with Gasteiger partial charge in [-0.25, -0.2) is 4.98 Å². The van der Waals surface area contributed by atoms with Crippen LogP contribution in [0.3, 0.4) is 0 Å². The van der Waals surface area contributed by atoms with E-state index in [2.05, 4.69) is 28.5 Å². The molecule has 5 heteroatoms. The molecule has 1 N–H and O–H groups in total. The Morgan fingerprint density at radius 3 is 2.93 bits per heavy atom. The Morgan fingerprint density at radius 1 is 1.14 bits per heavy atom. The number of nitrogens with one attached hydrogen (secondary N) is 1. The zero-order valence-corrected chi connectivity index (χ0v) is 16.3. The summed E-state index contributed by atoms with van der Waals surface area (Å²) in [4.78, 5) is 21.9. The molecule has 1 amide bonds. The number of nitrogens with zero attached hydrogens (tertiary/aromatic N) is 2. The second kappa shape index (κ2) is 6.84. The molecule has 0 radical (unpaired) electrons. The summed E-state index contributed by atoms with van der Waals surface area (Å²) in [5.41, 5.74) is 6.16. The van der Waals surface area contributed by atoms with E-state index < -0.39 is 0 Å². The van der Waals surface area contributed by atoms with Crippen molar-refractivity contribution in [2.75, 3.05) is 0 Å². The van der Waals surface area contributed by atoms with Gasteiger partial charge in [-0.1, -0.05) is 24.3 Å². The van der Waals surface area contributed by atoms with Gasteiger partial charge in [0.1, 0.15) is 5.01 Å². The van der Waals surface area contributed by atoms with E-state index in [1.54, 1.807) is 17.5 Å². The van der Waals surface area contributed by atoms with E-state index in [4.69, 9.17) is 4.98 Å². The van der Waals surface area contributed by atoms with Gasteiger partial charge in [0.05, 0.1) is 16.3 Å². The first kappa shape index (κ1) is 17.1. The lowest BCUT2D eigenvalue weighted by Gasteiger charge is -2.14. The lowest BCUT2D eigenvalue weighted by atomic mass is 10.1. The van der Waals surface area contributed by atoms with E-state index in [9.17, 15) is 4.79 Å². The molecule has 28 heavy (non-hydrogen) atoms. The van der Waals surface area contributed by atoms with Crippen LogP contribution >= 0.6 is 11.3 Å². The van der Waals surface area contributed by atoms with Gasteiger partial charge in [-0.2, -0.15) is 0 Å². The van der Waals surface area contributed by atoms with Gasteiger partial charge in [0.25, 0.3) is 5.91 Å². The first-order valence-corrected chi connectivity index (χ1v) is 10.2. The van der Waals surface area contributed by atoms with Crippen molar-refractivity contribution in [1.29, 1.82) is 0 Å². The zero-order chi connectivity index (χ0) is 19.1. The Bertz CT molecular complexity index is 1200. The van der Waals surface area contributed by atoms with Crippen LogP contribution in [0.4, 0.5) is 0 Å². The molecule has 4 aromatic rings. The molecule has 2 heterocycles. The average molecular weight is 385 g/mol. The van der Waals surface area contributed by atoms with Crippen LogP contribution in [-0.4, -0.2) is 15.9 Å². The number of benzene rings is 2. The first-order chi connectivity index (χ1) is 13.7. The van der Waals surface area contributed by atoms with Crippen molar-refractivity contribution >= 4 is 27.5 Å². The summed E-state index contributed by atoms with van der Waals surface area (Å²) in [6.45, 7) is 1.99. The molecule has 1 aliphatic rings. The summed E-state index contributed by atoms with van der Waals surface area (Å²) in [7, 11) is 0. The molecule has 0 saturated carbocycles. The number of amides is 1. The molecule has 138 valence electrons. The SMILES string of the molecule is Cc1ncccc1-c1nc2ccc(C(=O)NC3CCc4ccccc43)cc2s1. The molecule has 0 spiro atoms. The Labute approximate surface area is 167 Å². The van der Waals surface area contributed by atoms with E-state index >= 15 is 0 Å². The summed E-state index contributed by atoms with van der Waals surface area (Å²) < 4.78 is 1.01. The maximum atomic E-state index is 12.8. The van der Waals surface area contributed by atoms with Crippen molar-refractivity contribution < 1.29 is 4.79 Å². The molecule has 0 saturated heterocycles. The summed E-state index contributed by atoms with van der Waals surface area (Å²) in [6.07, 6.45) is 3.76. The molecule has 0 aliphatic heterocycles. The molecule has 0 bridgehead atoms. The minimum Gasteiger partial charge on any atom is -0.345 e. The summed E-state index contributed by atoms with van der Waals surface area (Å²) in [5, 5.41) is 4.13. The number of aryl methyl sites for hydroxylation is 2. The molecular formula is C23H19N3OS. The number of rotatable bonds is 3. The van der Waals surface area contributed by atoms with Crippen LogP contribution in [0.2, 0.25) is 0 Å². The lowest BCUT2D eigenvalue weighted by Crippen LogP contribution is -2.27. The van der Waals surface area contributed by atoms with Gasteiger partial charge in [-0.15, -0.1) is 11.3 Å². The van der Waals surface area contributed by atoms with E-state index in [-0.39, 0.29) is 11.9 Å². The van der Waals surface area contributed by atoms with Gasteiger partial charge in [-0.3, -0.25) is 9.78 Å². The fourth-order valence-electron chi connectivity index (χ4n) is 3.84. The highest BCUT2D eigenvalue weighted by atomic mass is 32.1. The van der Waals surface area contributed by atoms with Crippen LogP contribution in [0, 0.1) is 6.92 Å². The monoisotopic (exact) mass is 385 g/mol. The van der Waals surface area contributed by atoms with Crippen LogP contribution in [-0.2, 0) is 6.42 Å². The van der Waals surface area contributed by atoms with E-state index in [1.165, 1.54) is 11.1 Å². The predicted molar refractivity (Wildman–Crippen MR) is 113 cm³/mol. The van der Waals surface area contributed by atoms with E-state index in [1.807, 2.05) is 43.3 Å². The van der Waals surface area contributed by atoms with Gasteiger partial charge >= 0.3 is 0 Å². The molecule has 1 unspecified atom stereocenters. The summed E-state index contributed by atoms with van der Waals surface area (Å²) >= 11 is 1.60. The largest absolute Gasteiger partial charge is 0.345 e. The van der Waals surface area contributed by atoms with Gasteiger partial charge in [-0.05, 0) is 61.2 Å². The predicted octanol–water partition coefficient (Wildman–Crippen LogP) is 5.08. The highest BCUT2D eigenvalue weighted by Crippen LogP contribution is 2.33. The Morgan fingerprint density at radius 2 is 2.04 bits per heavy atom. The highest BCUT2D eigenvalue weighted by Gasteiger charge is 2.24. The van der Waals surface area contributed by atoms with Gasteiger partial charge < -0.3 is 5.32 Å². The molecule has 2 aromatic heterocycles. The second-order valence-electron chi connectivity index (χ2n) is 7.10. The third-order valence-corrected chi connectivity index (χ3v) is 6.38. The first-order valence-electron chi connectivity index (χ1n) is 9.40. The number of carbonyl (C=O) groups is 1. The molecule has 4 nitrogen and oxygen atoms in total. The number of fused-ring (bicyclic) bond motifs is 2. The third-order valence-electron chi connectivity index (χ3n) is 5.33. The van der Waals surface area contributed by atoms with Crippen molar-refractivity contribution in [2.45, 2.75) is 25.8 Å². The molecule has 1 aliphatic carbocycles. The molecular weight excluding hydrogens is 366 g/mol. The van der Waals surface area contributed by atoms with Crippen molar-refractivity contribution in [3.8, 4) is 10.6 Å². The van der Waals surface area contributed by atoms with E-state index in [0.29, 0.717) is 5.56 Å². The normalized spacial score (nSPS) is 15.5. The average Bonchev–Trinajstić information content (AvgIpc) is 3.32. The van der Waals surface area contributed by atoms with Gasteiger partial charge in [0.2, 0.25) is 0 Å². The number of hydrogen-bond acceptors (Lipinski definition) is 4. The number of hydrogen-bond donors (Lipinski definition) is 1. The van der Waals surface area contributed by atoms with Crippen molar-refractivity contribution in [3.63, 3.8) is 0 Å². The van der Waals surface area contributed by atoms with Gasteiger partial charge in [0, 0.05) is 23.0 Å². The van der Waals surface area contributed by atoms with Crippen LogP contribution < -0.4 is 5.32 Å². The fourth-order valence-corrected chi connectivity index (χ4v) is 4.92. The lowest BCUT2D eigenvalue weighted by molar-refractivity contribution is 0.0937. The Balaban J connectivity index is 1.42. The summed E-state index contributed by atoms with van der Waals surface area (Å²) in [5.74, 6) is -0.0314. The number of carbonyl (C=O) groups excluding carboxylic acids is 1.